The Balaban J connectivity index is 3.06. The van der Waals surface area contributed by atoms with Gasteiger partial charge in [0.15, 0.2) is 0 Å². The Bertz CT molecular complexity index is 342. The number of aryl methyl sites for hydroxylation is 1. The Morgan fingerprint density at radius 3 is 2.53 bits per heavy atom. The normalized spacial score (nSPS) is 12.9. The summed E-state index contributed by atoms with van der Waals surface area (Å²) in [7, 11) is 3.25. The second kappa shape index (κ2) is 5.19. The van der Waals surface area contributed by atoms with Crippen molar-refractivity contribution < 1.29 is 13.5 Å². The molecule has 0 saturated heterocycles. The van der Waals surface area contributed by atoms with Crippen molar-refractivity contribution in [1.29, 1.82) is 0 Å². The summed E-state index contributed by atoms with van der Waals surface area (Å²) in [6.07, 6.45) is 0. The van der Waals surface area contributed by atoms with E-state index >= 15 is 0 Å². The second-order valence-electron chi connectivity index (χ2n) is 3.42. The van der Waals surface area contributed by atoms with Gasteiger partial charge in [0, 0.05) is 18.7 Å². The van der Waals surface area contributed by atoms with Crippen LogP contribution in [0.2, 0.25) is 0 Å². The Morgan fingerprint density at radius 2 is 2.00 bits per heavy atom. The zero-order chi connectivity index (χ0) is 11.4. The van der Waals surface area contributed by atoms with Gasteiger partial charge in [0.2, 0.25) is 0 Å². The van der Waals surface area contributed by atoms with E-state index < -0.39 is 11.6 Å². The summed E-state index contributed by atoms with van der Waals surface area (Å²) in [6, 6.07) is 2.16. The molecule has 84 valence electrons. The van der Waals surface area contributed by atoms with Crippen LogP contribution in [0.4, 0.5) is 8.78 Å². The third-order valence-corrected chi connectivity index (χ3v) is 2.34. The monoisotopic (exact) mass is 215 g/mol. The maximum atomic E-state index is 13.5. The fraction of sp³-hybridized carbons (Fsp3) is 0.455. The molecule has 0 aliphatic rings. The third-order valence-electron chi connectivity index (χ3n) is 2.34. The van der Waals surface area contributed by atoms with Crippen molar-refractivity contribution in [3.8, 4) is 0 Å². The zero-order valence-electron chi connectivity index (χ0n) is 9.10. The average Bonchev–Trinajstić information content (AvgIpc) is 2.20. The quantitative estimate of drug-likeness (QED) is 0.831. The lowest BCUT2D eigenvalue weighted by Gasteiger charge is -2.17. The number of hydrogen-bond acceptors (Lipinski definition) is 2. The molecule has 1 aromatic rings. The first-order chi connectivity index (χ1) is 7.10. The van der Waals surface area contributed by atoms with Crippen LogP contribution in [-0.2, 0) is 4.74 Å². The van der Waals surface area contributed by atoms with Gasteiger partial charge in [-0.25, -0.2) is 8.78 Å². The SMILES string of the molecule is CNC(COC)c1cc(C)c(F)cc1F. The molecule has 0 bridgehead atoms. The Kier molecular flexibility index (Phi) is 4.17. The number of halogens is 2. The molecule has 0 aromatic heterocycles. The second-order valence-corrected chi connectivity index (χ2v) is 3.42. The van der Waals surface area contributed by atoms with Crippen molar-refractivity contribution in [3.05, 3.63) is 34.9 Å². The van der Waals surface area contributed by atoms with Crippen molar-refractivity contribution in [2.75, 3.05) is 20.8 Å². The molecule has 0 aliphatic heterocycles. The molecule has 0 fully saturated rings. The number of nitrogens with one attached hydrogen (secondary N) is 1. The summed E-state index contributed by atoms with van der Waals surface area (Å²) in [5, 5.41) is 2.92. The number of benzene rings is 1. The lowest BCUT2D eigenvalue weighted by molar-refractivity contribution is 0.168. The van der Waals surface area contributed by atoms with Gasteiger partial charge in [-0.15, -0.1) is 0 Å². The molecular formula is C11H15F2NO. The summed E-state index contributed by atoms with van der Waals surface area (Å²) in [5.41, 5.74) is 0.862. The molecule has 15 heavy (non-hydrogen) atoms. The van der Waals surface area contributed by atoms with E-state index in [9.17, 15) is 8.78 Å². The Hall–Kier alpha value is -1.00. The van der Waals surface area contributed by atoms with Crippen LogP contribution in [0.15, 0.2) is 12.1 Å². The van der Waals surface area contributed by atoms with Crippen LogP contribution < -0.4 is 5.32 Å². The van der Waals surface area contributed by atoms with Gasteiger partial charge in [0.25, 0.3) is 0 Å². The van der Waals surface area contributed by atoms with Gasteiger partial charge in [0.05, 0.1) is 12.6 Å². The molecule has 1 aromatic carbocycles. The van der Waals surface area contributed by atoms with Crippen LogP contribution in [0.3, 0.4) is 0 Å². The lowest BCUT2D eigenvalue weighted by atomic mass is 10.0. The number of methoxy groups -OCH3 is 1. The van der Waals surface area contributed by atoms with Crippen LogP contribution in [0.25, 0.3) is 0 Å². The van der Waals surface area contributed by atoms with Crippen molar-refractivity contribution in [1.82, 2.24) is 5.32 Å². The highest BCUT2D eigenvalue weighted by atomic mass is 19.1. The van der Waals surface area contributed by atoms with E-state index in [0.29, 0.717) is 17.7 Å². The van der Waals surface area contributed by atoms with E-state index in [0.717, 1.165) is 6.07 Å². The molecule has 1 atom stereocenters. The predicted octanol–water partition coefficient (Wildman–Crippen LogP) is 2.18. The fourth-order valence-electron chi connectivity index (χ4n) is 1.44. The first kappa shape index (κ1) is 12.1. The van der Waals surface area contributed by atoms with Gasteiger partial charge >= 0.3 is 0 Å². The summed E-state index contributed by atoms with van der Waals surface area (Å²) in [6.45, 7) is 1.95. The Morgan fingerprint density at radius 1 is 1.33 bits per heavy atom. The van der Waals surface area contributed by atoms with Crippen LogP contribution in [0.5, 0.6) is 0 Å². The fourth-order valence-corrected chi connectivity index (χ4v) is 1.44. The first-order valence-electron chi connectivity index (χ1n) is 4.72. The predicted molar refractivity (Wildman–Crippen MR) is 54.8 cm³/mol. The maximum Gasteiger partial charge on any atom is 0.131 e. The number of likely N-dealkylation sites (N-methyl/N-ethyl adjacent to an activating group) is 1. The molecule has 4 heteroatoms. The molecule has 1 unspecified atom stereocenters. The number of hydrogen-bond donors (Lipinski definition) is 1. The highest BCUT2D eigenvalue weighted by molar-refractivity contribution is 5.28. The smallest absolute Gasteiger partial charge is 0.131 e. The third kappa shape index (κ3) is 2.73. The van der Waals surface area contributed by atoms with Crippen molar-refractivity contribution in [2.45, 2.75) is 13.0 Å². The largest absolute Gasteiger partial charge is 0.383 e. The van der Waals surface area contributed by atoms with E-state index in [4.69, 9.17) is 4.74 Å². The number of ether oxygens (including phenoxy) is 1. The standard InChI is InChI=1S/C11H15F2NO/c1-7-4-8(10(13)5-9(7)12)11(14-2)6-15-3/h4-5,11,14H,6H2,1-3H3. The lowest BCUT2D eigenvalue weighted by Crippen LogP contribution is -2.22. The van der Waals surface area contributed by atoms with E-state index in [1.54, 1.807) is 21.1 Å². The van der Waals surface area contributed by atoms with E-state index in [2.05, 4.69) is 5.32 Å². The minimum absolute atomic E-state index is 0.255. The van der Waals surface area contributed by atoms with Crippen LogP contribution in [0.1, 0.15) is 17.2 Å². The van der Waals surface area contributed by atoms with Gasteiger partial charge in [-0.05, 0) is 25.6 Å². The van der Waals surface area contributed by atoms with E-state index in [1.807, 2.05) is 0 Å². The van der Waals surface area contributed by atoms with Crippen LogP contribution in [0, 0.1) is 18.6 Å². The minimum atomic E-state index is -0.547. The minimum Gasteiger partial charge on any atom is -0.383 e. The summed E-state index contributed by atoms with van der Waals surface area (Å²) in [4.78, 5) is 0. The number of rotatable bonds is 4. The molecule has 0 aliphatic carbocycles. The molecule has 0 heterocycles. The molecule has 2 nitrogen and oxygen atoms in total. The summed E-state index contributed by atoms with van der Waals surface area (Å²) < 4.78 is 31.4. The van der Waals surface area contributed by atoms with Gasteiger partial charge in [-0.3, -0.25) is 0 Å². The van der Waals surface area contributed by atoms with Crippen LogP contribution >= 0.6 is 0 Å². The van der Waals surface area contributed by atoms with E-state index in [1.165, 1.54) is 6.07 Å². The van der Waals surface area contributed by atoms with Crippen molar-refractivity contribution >= 4 is 0 Å². The topological polar surface area (TPSA) is 21.3 Å². The summed E-state index contributed by atoms with van der Waals surface area (Å²) >= 11 is 0. The highest BCUT2D eigenvalue weighted by Crippen LogP contribution is 2.20. The molecule has 0 saturated carbocycles. The molecular weight excluding hydrogens is 200 g/mol. The molecule has 1 rings (SSSR count). The van der Waals surface area contributed by atoms with Crippen molar-refractivity contribution in [3.63, 3.8) is 0 Å². The molecule has 1 N–H and O–H groups in total. The van der Waals surface area contributed by atoms with Gasteiger partial charge < -0.3 is 10.1 Å². The average molecular weight is 215 g/mol. The van der Waals surface area contributed by atoms with Crippen LogP contribution in [-0.4, -0.2) is 20.8 Å². The molecule has 0 spiro atoms. The zero-order valence-corrected chi connectivity index (χ0v) is 9.10. The summed E-state index contributed by atoms with van der Waals surface area (Å²) in [5.74, 6) is -1.07. The first-order valence-corrected chi connectivity index (χ1v) is 4.72. The maximum absolute atomic E-state index is 13.5. The highest BCUT2D eigenvalue weighted by Gasteiger charge is 2.15. The molecule has 0 amide bonds. The van der Waals surface area contributed by atoms with Crippen molar-refractivity contribution in [2.24, 2.45) is 0 Å². The Labute approximate surface area is 88.3 Å². The molecule has 0 radical (unpaired) electrons. The van der Waals surface area contributed by atoms with Gasteiger partial charge in [0.1, 0.15) is 11.6 Å². The van der Waals surface area contributed by atoms with E-state index in [-0.39, 0.29) is 6.04 Å². The van der Waals surface area contributed by atoms with Gasteiger partial charge in [-0.2, -0.15) is 0 Å². The van der Waals surface area contributed by atoms with Gasteiger partial charge in [-0.1, -0.05) is 0 Å².